The Balaban J connectivity index is 1.76. The molecule has 1 spiro atoms. The third-order valence-electron chi connectivity index (χ3n) is 6.26. The molecule has 2 aliphatic heterocycles. The SMILES string of the molecule is COC(=O)/C=C\C1=CN(C)[C@@H]2C[C@H]1C1(SCS1)c1c2c2ccccc2n1C(=O)OC. The van der Waals surface area contributed by atoms with E-state index in [-0.39, 0.29) is 28.1 Å². The third kappa shape index (κ3) is 2.59. The molecule has 3 heterocycles. The number of hydrogen-bond acceptors (Lipinski definition) is 7. The monoisotopic (exact) mass is 442 g/mol. The van der Waals surface area contributed by atoms with Crippen molar-refractivity contribution in [3.63, 3.8) is 0 Å². The van der Waals surface area contributed by atoms with Crippen molar-refractivity contribution in [2.24, 2.45) is 5.92 Å². The predicted molar refractivity (Wildman–Crippen MR) is 119 cm³/mol. The molecule has 6 nitrogen and oxygen atoms in total. The van der Waals surface area contributed by atoms with Gasteiger partial charge < -0.3 is 14.4 Å². The molecule has 5 rings (SSSR count). The molecule has 3 aliphatic rings. The van der Waals surface area contributed by atoms with Gasteiger partial charge in [0.05, 0.1) is 31.5 Å². The molecule has 1 fully saturated rings. The zero-order valence-corrected chi connectivity index (χ0v) is 18.6. The smallest absolute Gasteiger partial charge is 0.418 e. The number of fused-ring (bicyclic) bond motifs is 8. The first kappa shape index (κ1) is 19.6. The third-order valence-corrected chi connectivity index (χ3v) is 9.72. The lowest BCUT2D eigenvalue weighted by Crippen LogP contribution is -2.47. The number of ether oxygens (including phenoxy) is 2. The number of rotatable bonds is 2. The fourth-order valence-corrected chi connectivity index (χ4v) is 7.97. The first-order valence-electron chi connectivity index (χ1n) is 9.71. The number of carbonyl (C=O) groups is 2. The van der Waals surface area contributed by atoms with Crippen LogP contribution in [0.3, 0.4) is 0 Å². The van der Waals surface area contributed by atoms with E-state index >= 15 is 0 Å². The average molecular weight is 443 g/mol. The number of esters is 1. The first-order chi connectivity index (χ1) is 14.5. The highest BCUT2D eigenvalue weighted by atomic mass is 32.3. The molecule has 30 heavy (non-hydrogen) atoms. The van der Waals surface area contributed by atoms with Crippen LogP contribution in [0.25, 0.3) is 10.9 Å². The lowest BCUT2D eigenvalue weighted by molar-refractivity contribution is -0.134. The number of benzene rings is 1. The summed E-state index contributed by atoms with van der Waals surface area (Å²) in [5.41, 5.74) is 4.20. The minimum atomic E-state index is -0.371. The van der Waals surface area contributed by atoms with Crippen molar-refractivity contribution in [2.45, 2.75) is 16.5 Å². The highest BCUT2D eigenvalue weighted by Gasteiger charge is 2.58. The molecule has 1 saturated heterocycles. The van der Waals surface area contributed by atoms with Crippen molar-refractivity contribution < 1.29 is 19.1 Å². The van der Waals surface area contributed by atoms with E-state index in [1.54, 1.807) is 4.57 Å². The number of aromatic nitrogens is 1. The largest absolute Gasteiger partial charge is 0.466 e. The Labute approximate surface area is 183 Å². The van der Waals surface area contributed by atoms with Crippen molar-refractivity contribution in [3.8, 4) is 0 Å². The molecule has 1 aromatic carbocycles. The molecular weight excluding hydrogens is 420 g/mol. The Morgan fingerprint density at radius 1 is 1.20 bits per heavy atom. The van der Waals surface area contributed by atoms with Gasteiger partial charge >= 0.3 is 12.1 Å². The highest BCUT2D eigenvalue weighted by molar-refractivity contribution is 8.33. The zero-order chi connectivity index (χ0) is 21.0. The van der Waals surface area contributed by atoms with Gasteiger partial charge in [0.1, 0.15) is 4.08 Å². The predicted octanol–water partition coefficient (Wildman–Crippen LogP) is 4.47. The van der Waals surface area contributed by atoms with Gasteiger partial charge in [0, 0.05) is 41.3 Å². The minimum absolute atomic E-state index is 0.156. The number of allylic oxidation sites excluding steroid dienone is 2. The number of nitrogens with zero attached hydrogens (tertiary/aromatic N) is 2. The van der Waals surface area contributed by atoms with Crippen LogP contribution in [0.5, 0.6) is 0 Å². The van der Waals surface area contributed by atoms with Gasteiger partial charge in [-0.05, 0) is 24.1 Å². The minimum Gasteiger partial charge on any atom is -0.466 e. The fourth-order valence-electron chi connectivity index (χ4n) is 4.94. The first-order valence-corrected chi connectivity index (χ1v) is 11.7. The Kier molecular flexibility index (Phi) is 4.67. The van der Waals surface area contributed by atoms with Gasteiger partial charge in [-0.3, -0.25) is 0 Å². The van der Waals surface area contributed by atoms with Gasteiger partial charge in [0.15, 0.2) is 0 Å². The molecule has 1 aromatic heterocycles. The Morgan fingerprint density at radius 2 is 1.97 bits per heavy atom. The van der Waals surface area contributed by atoms with Crippen molar-refractivity contribution >= 4 is 46.5 Å². The summed E-state index contributed by atoms with van der Waals surface area (Å²) >= 11 is 3.73. The molecular formula is C22H22N2O4S2. The Morgan fingerprint density at radius 3 is 2.63 bits per heavy atom. The van der Waals surface area contributed by atoms with Crippen LogP contribution >= 0.6 is 23.5 Å². The summed E-state index contributed by atoms with van der Waals surface area (Å²) in [7, 11) is 4.86. The van der Waals surface area contributed by atoms with Crippen LogP contribution in [0.15, 0.2) is 48.2 Å². The Hall–Kier alpha value is -2.32. The van der Waals surface area contributed by atoms with Crippen molar-refractivity contribution in [1.82, 2.24) is 9.47 Å². The van der Waals surface area contributed by atoms with Gasteiger partial charge in [-0.1, -0.05) is 18.2 Å². The van der Waals surface area contributed by atoms with Crippen LogP contribution in [0.2, 0.25) is 0 Å². The molecule has 0 saturated carbocycles. The van der Waals surface area contributed by atoms with E-state index in [9.17, 15) is 9.59 Å². The average Bonchev–Trinajstić information content (AvgIpc) is 3.08. The van der Waals surface area contributed by atoms with Crippen LogP contribution in [0.4, 0.5) is 4.79 Å². The second-order valence-corrected chi connectivity index (χ2v) is 10.7. The number of carbonyl (C=O) groups excluding carboxylic acids is 2. The molecule has 2 bridgehead atoms. The van der Waals surface area contributed by atoms with Crippen LogP contribution in [-0.2, 0) is 18.3 Å². The molecule has 0 amide bonds. The Bertz CT molecular complexity index is 1120. The molecule has 1 aliphatic carbocycles. The number of thioether (sulfide) groups is 2. The van der Waals surface area contributed by atoms with E-state index < -0.39 is 0 Å². The maximum absolute atomic E-state index is 12.9. The van der Waals surface area contributed by atoms with Gasteiger partial charge in [0.25, 0.3) is 0 Å². The molecule has 2 atom stereocenters. The van der Waals surface area contributed by atoms with Gasteiger partial charge in [-0.15, -0.1) is 23.5 Å². The number of methoxy groups -OCH3 is 2. The van der Waals surface area contributed by atoms with E-state index in [1.165, 1.54) is 25.9 Å². The van der Waals surface area contributed by atoms with Crippen LogP contribution < -0.4 is 0 Å². The normalized spacial score (nSPS) is 23.8. The summed E-state index contributed by atoms with van der Waals surface area (Å²) in [6.45, 7) is 0. The number of para-hydroxylation sites is 1. The summed E-state index contributed by atoms with van der Waals surface area (Å²) in [6, 6.07) is 8.22. The van der Waals surface area contributed by atoms with Crippen LogP contribution in [0, 0.1) is 5.92 Å². The molecule has 0 N–H and O–H groups in total. The zero-order valence-electron chi connectivity index (χ0n) is 17.0. The lowest BCUT2D eigenvalue weighted by Gasteiger charge is -2.54. The molecule has 0 unspecified atom stereocenters. The lowest BCUT2D eigenvalue weighted by atomic mass is 9.75. The number of hydrogen-bond donors (Lipinski definition) is 0. The second-order valence-electron chi connectivity index (χ2n) is 7.61. The van der Waals surface area contributed by atoms with Gasteiger partial charge in [0.2, 0.25) is 0 Å². The molecule has 8 heteroatoms. The molecule has 2 aromatic rings. The molecule has 0 radical (unpaired) electrons. The summed E-state index contributed by atoms with van der Waals surface area (Å²) < 4.78 is 11.5. The maximum Gasteiger partial charge on any atom is 0.418 e. The van der Waals surface area contributed by atoms with E-state index in [1.807, 2.05) is 47.8 Å². The topological polar surface area (TPSA) is 60.8 Å². The summed E-state index contributed by atoms with van der Waals surface area (Å²) in [6.07, 6.45) is 6.04. The van der Waals surface area contributed by atoms with E-state index in [0.29, 0.717) is 0 Å². The highest BCUT2D eigenvalue weighted by Crippen LogP contribution is 2.70. The van der Waals surface area contributed by atoms with Gasteiger partial charge in [-0.25, -0.2) is 14.2 Å². The quantitative estimate of drug-likeness (QED) is 0.502. The van der Waals surface area contributed by atoms with Crippen molar-refractivity contribution in [2.75, 3.05) is 26.4 Å². The van der Waals surface area contributed by atoms with Crippen molar-refractivity contribution in [1.29, 1.82) is 0 Å². The molecule has 156 valence electrons. The van der Waals surface area contributed by atoms with Crippen molar-refractivity contribution in [3.05, 3.63) is 59.4 Å². The van der Waals surface area contributed by atoms with E-state index in [4.69, 9.17) is 9.47 Å². The maximum atomic E-state index is 12.9. The van der Waals surface area contributed by atoms with E-state index in [0.717, 1.165) is 33.7 Å². The van der Waals surface area contributed by atoms with Gasteiger partial charge in [-0.2, -0.15) is 0 Å². The standard InChI is InChI=1S/C22H22N2O4S2/c1-23-11-13(8-9-18(25)27-2)15-10-17(23)19-14-6-4-5-7-16(14)24(21(26)28-3)20(19)22(15)29-12-30-22/h4-9,11,15,17H,10,12H2,1-3H3/b9-8-/t15-,17-/m1/s1. The summed E-state index contributed by atoms with van der Waals surface area (Å²) in [5.74, 6) is -0.201. The van der Waals surface area contributed by atoms with E-state index in [2.05, 4.69) is 24.2 Å². The van der Waals surface area contributed by atoms with Crippen LogP contribution in [0.1, 0.15) is 23.7 Å². The summed E-state index contributed by atoms with van der Waals surface area (Å²) in [4.78, 5) is 26.9. The fraction of sp³-hybridized carbons (Fsp3) is 0.364. The van der Waals surface area contributed by atoms with Crippen LogP contribution in [-0.4, -0.2) is 47.9 Å². The summed E-state index contributed by atoms with van der Waals surface area (Å²) in [5, 5.41) is 2.07. The second kappa shape index (κ2) is 7.13.